The van der Waals surface area contributed by atoms with Crippen LogP contribution in [0.15, 0.2) is 18.6 Å². The lowest BCUT2D eigenvalue weighted by Gasteiger charge is -2.04. The number of nitrogens with one attached hydrogen (secondary N) is 2. The fourth-order valence-corrected chi connectivity index (χ4v) is 1.81. The number of aryl methyl sites for hydroxylation is 2. The fourth-order valence-electron chi connectivity index (χ4n) is 1.53. The highest BCUT2D eigenvalue weighted by Gasteiger charge is 2.00. The third-order valence-corrected chi connectivity index (χ3v) is 3.04. The molecule has 0 aliphatic carbocycles. The first-order valence-corrected chi connectivity index (χ1v) is 6.54. The number of halogens is 1. The summed E-state index contributed by atoms with van der Waals surface area (Å²) in [5.41, 5.74) is 2.43. The van der Waals surface area contributed by atoms with Crippen molar-refractivity contribution >= 4 is 28.4 Å². The molecular formula is C11H14IN5. The average molecular weight is 343 g/mol. The quantitative estimate of drug-likeness (QED) is 0.645. The van der Waals surface area contributed by atoms with Gasteiger partial charge in [0.25, 0.3) is 0 Å². The van der Waals surface area contributed by atoms with Crippen molar-refractivity contribution in [2.24, 2.45) is 0 Å². The van der Waals surface area contributed by atoms with Gasteiger partial charge in [-0.3, -0.25) is 5.10 Å². The van der Waals surface area contributed by atoms with Crippen LogP contribution in [0.3, 0.4) is 0 Å². The molecule has 2 N–H and O–H groups in total. The SMILES string of the molecule is Cc1[nH]ncc1CCCNc1cnc(I)cn1. The van der Waals surface area contributed by atoms with Crippen molar-refractivity contribution in [1.29, 1.82) is 0 Å². The normalized spacial score (nSPS) is 10.5. The second kappa shape index (κ2) is 5.95. The van der Waals surface area contributed by atoms with E-state index in [1.807, 2.05) is 13.1 Å². The Morgan fingerprint density at radius 1 is 1.29 bits per heavy atom. The van der Waals surface area contributed by atoms with E-state index < -0.39 is 0 Å². The number of H-pyrrole nitrogens is 1. The molecule has 0 spiro atoms. The summed E-state index contributed by atoms with van der Waals surface area (Å²) in [4.78, 5) is 8.40. The van der Waals surface area contributed by atoms with Crippen molar-refractivity contribution in [3.63, 3.8) is 0 Å². The standard InChI is InChI=1S/C11H14IN5/c1-8-9(5-16-17-8)3-2-4-13-11-7-14-10(12)6-15-11/h5-7H,2-4H2,1H3,(H,13,15)(H,16,17). The molecule has 17 heavy (non-hydrogen) atoms. The second-order valence-corrected chi connectivity index (χ2v) is 4.88. The Balaban J connectivity index is 1.73. The molecule has 0 saturated heterocycles. The summed E-state index contributed by atoms with van der Waals surface area (Å²) < 4.78 is 0.905. The van der Waals surface area contributed by atoms with Gasteiger partial charge in [-0.25, -0.2) is 9.97 Å². The highest BCUT2D eigenvalue weighted by molar-refractivity contribution is 14.1. The monoisotopic (exact) mass is 343 g/mol. The molecule has 2 aromatic heterocycles. The van der Waals surface area contributed by atoms with Crippen LogP contribution in [0, 0.1) is 10.6 Å². The number of rotatable bonds is 5. The number of aromatic amines is 1. The smallest absolute Gasteiger partial charge is 0.144 e. The molecule has 2 rings (SSSR count). The second-order valence-electron chi connectivity index (χ2n) is 3.77. The topological polar surface area (TPSA) is 66.5 Å². The number of nitrogens with zero attached hydrogens (tertiary/aromatic N) is 3. The summed E-state index contributed by atoms with van der Waals surface area (Å²) in [7, 11) is 0. The summed E-state index contributed by atoms with van der Waals surface area (Å²) >= 11 is 2.14. The van der Waals surface area contributed by atoms with Crippen LogP contribution in [-0.2, 0) is 6.42 Å². The highest BCUT2D eigenvalue weighted by atomic mass is 127. The van der Waals surface area contributed by atoms with E-state index in [2.05, 4.69) is 48.1 Å². The van der Waals surface area contributed by atoms with Crippen molar-refractivity contribution in [2.75, 3.05) is 11.9 Å². The Kier molecular flexibility index (Phi) is 4.29. The molecule has 0 fully saturated rings. The van der Waals surface area contributed by atoms with Gasteiger partial charge in [0.2, 0.25) is 0 Å². The zero-order valence-electron chi connectivity index (χ0n) is 9.57. The van der Waals surface area contributed by atoms with E-state index in [-0.39, 0.29) is 0 Å². The number of aromatic nitrogens is 4. The Morgan fingerprint density at radius 3 is 2.82 bits per heavy atom. The Bertz CT molecular complexity index is 465. The molecular weight excluding hydrogens is 329 g/mol. The first kappa shape index (κ1) is 12.3. The number of hydrogen-bond acceptors (Lipinski definition) is 4. The van der Waals surface area contributed by atoms with E-state index in [0.717, 1.165) is 34.6 Å². The lowest BCUT2D eigenvalue weighted by Crippen LogP contribution is -2.05. The van der Waals surface area contributed by atoms with Gasteiger partial charge >= 0.3 is 0 Å². The van der Waals surface area contributed by atoms with Crippen molar-refractivity contribution in [3.05, 3.63) is 33.5 Å². The molecule has 0 atom stereocenters. The van der Waals surface area contributed by atoms with Crippen LogP contribution in [0.4, 0.5) is 5.82 Å². The van der Waals surface area contributed by atoms with Crippen LogP contribution in [0.1, 0.15) is 17.7 Å². The Labute approximate surface area is 114 Å². The largest absolute Gasteiger partial charge is 0.369 e. The maximum absolute atomic E-state index is 4.23. The first-order chi connectivity index (χ1) is 8.25. The first-order valence-electron chi connectivity index (χ1n) is 5.46. The van der Waals surface area contributed by atoms with Gasteiger partial charge in [-0.15, -0.1) is 0 Å². The summed E-state index contributed by atoms with van der Waals surface area (Å²) in [6, 6.07) is 0. The molecule has 0 aromatic carbocycles. The number of hydrogen-bond donors (Lipinski definition) is 2. The minimum atomic E-state index is 0.828. The molecule has 90 valence electrons. The molecule has 0 amide bonds. The van der Waals surface area contributed by atoms with Gasteiger partial charge in [0.05, 0.1) is 18.6 Å². The molecule has 2 heterocycles. The van der Waals surface area contributed by atoms with E-state index in [0.29, 0.717) is 0 Å². The van der Waals surface area contributed by atoms with Gasteiger partial charge in [-0.05, 0) is 47.9 Å². The van der Waals surface area contributed by atoms with Crippen LogP contribution >= 0.6 is 22.6 Å². The van der Waals surface area contributed by atoms with Crippen LogP contribution in [0.5, 0.6) is 0 Å². The summed E-state index contributed by atoms with van der Waals surface area (Å²) in [6.07, 6.45) is 7.47. The summed E-state index contributed by atoms with van der Waals surface area (Å²) in [5, 5.41) is 10.2. The van der Waals surface area contributed by atoms with E-state index >= 15 is 0 Å². The van der Waals surface area contributed by atoms with Crippen molar-refractivity contribution in [1.82, 2.24) is 20.2 Å². The van der Waals surface area contributed by atoms with Crippen molar-refractivity contribution in [3.8, 4) is 0 Å². The maximum atomic E-state index is 4.23. The maximum Gasteiger partial charge on any atom is 0.144 e. The van der Waals surface area contributed by atoms with E-state index in [9.17, 15) is 0 Å². The van der Waals surface area contributed by atoms with Gasteiger partial charge < -0.3 is 5.32 Å². The molecule has 0 radical (unpaired) electrons. The fraction of sp³-hybridized carbons (Fsp3) is 0.364. The van der Waals surface area contributed by atoms with Gasteiger partial charge in [0, 0.05) is 12.2 Å². The van der Waals surface area contributed by atoms with E-state index in [1.54, 1.807) is 12.4 Å². The Hall–Kier alpha value is -1.18. The van der Waals surface area contributed by atoms with Gasteiger partial charge in [0.15, 0.2) is 0 Å². The molecule has 0 bridgehead atoms. The van der Waals surface area contributed by atoms with E-state index in [4.69, 9.17) is 0 Å². The molecule has 0 aliphatic heterocycles. The van der Waals surface area contributed by atoms with Crippen molar-refractivity contribution in [2.45, 2.75) is 19.8 Å². The van der Waals surface area contributed by atoms with Crippen molar-refractivity contribution < 1.29 is 0 Å². The third-order valence-electron chi connectivity index (χ3n) is 2.48. The van der Waals surface area contributed by atoms with E-state index in [1.165, 1.54) is 5.56 Å². The molecule has 0 unspecified atom stereocenters. The third kappa shape index (κ3) is 3.65. The van der Waals surface area contributed by atoms with Gasteiger partial charge in [-0.1, -0.05) is 0 Å². The highest BCUT2D eigenvalue weighted by Crippen LogP contribution is 2.07. The van der Waals surface area contributed by atoms with Gasteiger partial charge in [0.1, 0.15) is 9.52 Å². The lowest BCUT2D eigenvalue weighted by molar-refractivity contribution is 0.852. The lowest BCUT2D eigenvalue weighted by atomic mass is 10.1. The van der Waals surface area contributed by atoms with Crippen LogP contribution in [-0.4, -0.2) is 26.7 Å². The van der Waals surface area contributed by atoms with Crippen LogP contribution in [0.25, 0.3) is 0 Å². The Morgan fingerprint density at radius 2 is 2.18 bits per heavy atom. The molecule has 0 saturated carbocycles. The zero-order chi connectivity index (χ0) is 12.1. The average Bonchev–Trinajstić information content (AvgIpc) is 2.73. The van der Waals surface area contributed by atoms with Gasteiger partial charge in [-0.2, -0.15) is 5.10 Å². The molecule has 0 aliphatic rings. The molecule has 2 aromatic rings. The summed E-state index contributed by atoms with van der Waals surface area (Å²) in [5.74, 6) is 0.828. The minimum Gasteiger partial charge on any atom is -0.369 e. The summed E-state index contributed by atoms with van der Waals surface area (Å²) in [6.45, 7) is 2.93. The molecule has 6 heteroatoms. The minimum absolute atomic E-state index is 0.828. The van der Waals surface area contributed by atoms with Crippen LogP contribution in [0.2, 0.25) is 0 Å². The molecule has 5 nitrogen and oxygen atoms in total. The predicted molar refractivity (Wildman–Crippen MR) is 74.9 cm³/mol. The predicted octanol–water partition coefficient (Wildman–Crippen LogP) is 2.16. The van der Waals surface area contributed by atoms with Crippen LogP contribution < -0.4 is 5.32 Å². The number of anilines is 1. The zero-order valence-corrected chi connectivity index (χ0v) is 11.7.